The third-order valence-electron chi connectivity index (χ3n) is 6.50. The summed E-state index contributed by atoms with van der Waals surface area (Å²) in [6, 6.07) is 27.7. The van der Waals surface area contributed by atoms with Crippen molar-refractivity contribution in [1.29, 1.82) is 0 Å². The Morgan fingerprint density at radius 1 is 0.917 bits per heavy atom. The van der Waals surface area contributed by atoms with E-state index in [4.69, 9.17) is 22.3 Å². The second-order valence-electron chi connectivity index (χ2n) is 8.83. The molecule has 7 rings (SSSR count). The number of benzene rings is 4. The highest BCUT2D eigenvalue weighted by molar-refractivity contribution is 7.80. The number of carbonyl (C=O) groups excluding carboxylic acids is 1. The number of hydrogen-bond acceptors (Lipinski definition) is 5. The molecule has 4 aromatic carbocycles. The van der Waals surface area contributed by atoms with Crippen LogP contribution in [-0.4, -0.2) is 25.7 Å². The predicted molar refractivity (Wildman–Crippen MR) is 150 cm³/mol. The van der Waals surface area contributed by atoms with Gasteiger partial charge >= 0.3 is 0 Å². The van der Waals surface area contributed by atoms with Crippen LogP contribution >= 0.6 is 23.6 Å². The summed E-state index contributed by atoms with van der Waals surface area (Å²) in [4.78, 5) is 17.9. The number of fused-ring (bicyclic) bond motifs is 3. The zero-order valence-corrected chi connectivity index (χ0v) is 20.8. The average Bonchev–Trinajstić information content (AvgIpc) is 3.50. The lowest BCUT2D eigenvalue weighted by molar-refractivity contribution is 0.104. The van der Waals surface area contributed by atoms with Crippen LogP contribution in [0.4, 0.5) is 5.69 Å². The first-order valence-electron chi connectivity index (χ1n) is 11.5. The van der Waals surface area contributed by atoms with Gasteiger partial charge in [0.2, 0.25) is 0 Å². The van der Waals surface area contributed by atoms with E-state index in [-0.39, 0.29) is 5.78 Å². The highest BCUT2D eigenvalue weighted by Crippen LogP contribution is 2.39. The van der Waals surface area contributed by atoms with Gasteiger partial charge in [0.1, 0.15) is 10.7 Å². The molecule has 0 amide bonds. The lowest BCUT2D eigenvalue weighted by Crippen LogP contribution is -2.20. The minimum Gasteiger partial charge on any atom is -0.331 e. The van der Waals surface area contributed by atoms with Gasteiger partial charge in [0.25, 0.3) is 0 Å². The van der Waals surface area contributed by atoms with E-state index in [1.165, 1.54) is 10.3 Å². The first kappa shape index (κ1) is 21.1. The number of ketones is 1. The third kappa shape index (κ3) is 3.21. The summed E-state index contributed by atoms with van der Waals surface area (Å²) in [6.45, 7) is 2.09. The van der Waals surface area contributed by atoms with Gasteiger partial charge < -0.3 is 5.32 Å². The van der Waals surface area contributed by atoms with Crippen LogP contribution in [0.2, 0.25) is 0 Å². The van der Waals surface area contributed by atoms with Gasteiger partial charge in [-0.15, -0.1) is 11.3 Å². The van der Waals surface area contributed by atoms with Crippen LogP contribution in [0.5, 0.6) is 0 Å². The summed E-state index contributed by atoms with van der Waals surface area (Å²) in [6.07, 6.45) is 0. The zero-order chi connectivity index (χ0) is 24.4. The fourth-order valence-electron chi connectivity index (χ4n) is 4.76. The largest absolute Gasteiger partial charge is 0.331 e. The molecule has 6 aromatic rings. The Bertz CT molecular complexity index is 1860. The molecule has 0 saturated carbocycles. The maximum absolute atomic E-state index is 13.1. The van der Waals surface area contributed by atoms with E-state index < -0.39 is 0 Å². The summed E-state index contributed by atoms with van der Waals surface area (Å²) in [7, 11) is 0. The predicted octanol–water partition coefficient (Wildman–Crippen LogP) is 7.08. The molecule has 2 aromatic heterocycles. The molecule has 2 heterocycles. The topological polar surface area (TPSA) is 59.8 Å². The molecule has 0 saturated heterocycles. The molecule has 1 aliphatic carbocycles. The van der Waals surface area contributed by atoms with E-state index in [1.807, 2.05) is 66.7 Å². The quantitative estimate of drug-likeness (QED) is 0.256. The molecule has 1 aliphatic rings. The van der Waals surface area contributed by atoms with Gasteiger partial charge in [-0.2, -0.15) is 5.10 Å². The zero-order valence-electron chi connectivity index (χ0n) is 19.1. The highest BCUT2D eigenvalue weighted by Gasteiger charge is 2.29. The van der Waals surface area contributed by atoms with Crippen molar-refractivity contribution in [2.75, 3.05) is 5.32 Å². The molecule has 5 nitrogen and oxygen atoms in total. The molecule has 1 N–H and O–H groups in total. The average molecular weight is 503 g/mol. The Kier molecular flexibility index (Phi) is 4.64. The maximum atomic E-state index is 13.1. The molecule has 172 valence electrons. The summed E-state index contributed by atoms with van der Waals surface area (Å²) < 4.78 is 2.90. The lowest BCUT2D eigenvalue weighted by atomic mass is 9.87. The van der Waals surface area contributed by atoms with Crippen LogP contribution in [0.15, 0.2) is 84.9 Å². The minimum atomic E-state index is 0.0164. The number of rotatable bonds is 2. The van der Waals surface area contributed by atoms with Gasteiger partial charge in [-0.05, 0) is 67.2 Å². The number of carbonyl (C=O) groups is 1. The Balaban J connectivity index is 1.22. The van der Waals surface area contributed by atoms with E-state index in [1.54, 1.807) is 16.0 Å². The molecule has 0 aliphatic heterocycles. The molecule has 0 spiro atoms. The van der Waals surface area contributed by atoms with E-state index >= 15 is 0 Å². The first-order valence-corrected chi connectivity index (χ1v) is 12.7. The van der Waals surface area contributed by atoms with E-state index in [0.717, 1.165) is 43.9 Å². The van der Waals surface area contributed by atoms with Gasteiger partial charge in [-0.25, -0.2) is 9.67 Å². The van der Waals surface area contributed by atoms with Crippen molar-refractivity contribution in [2.45, 2.75) is 6.92 Å². The van der Waals surface area contributed by atoms with Crippen molar-refractivity contribution >= 4 is 61.3 Å². The second-order valence-corrected chi connectivity index (χ2v) is 10.2. The van der Waals surface area contributed by atoms with Gasteiger partial charge in [-0.3, -0.25) is 4.79 Å². The third-order valence-corrected chi connectivity index (χ3v) is 7.84. The van der Waals surface area contributed by atoms with Gasteiger partial charge in [0.15, 0.2) is 10.9 Å². The monoisotopic (exact) mass is 502 g/mol. The molecule has 36 heavy (non-hydrogen) atoms. The number of anilines is 1. The van der Waals surface area contributed by atoms with Crippen molar-refractivity contribution < 1.29 is 4.79 Å². The van der Waals surface area contributed by atoms with Gasteiger partial charge in [0, 0.05) is 33.3 Å². The van der Waals surface area contributed by atoms with Crippen molar-refractivity contribution in [3.05, 3.63) is 102 Å². The van der Waals surface area contributed by atoms with Crippen LogP contribution in [0, 0.1) is 6.92 Å². The van der Waals surface area contributed by atoms with Crippen LogP contribution in [0.1, 0.15) is 21.5 Å². The number of aromatic nitrogens is 3. The molecule has 7 heteroatoms. The molecular formula is C29H18N4OS2. The van der Waals surface area contributed by atoms with Crippen LogP contribution in [-0.2, 0) is 0 Å². The molecule has 0 bridgehead atoms. The fourth-order valence-corrected chi connectivity index (χ4v) is 6.09. The van der Waals surface area contributed by atoms with Crippen molar-refractivity contribution in [3.63, 3.8) is 0 Å². The Morgan fingerprint density at radius 2 is 1.69 bits per heavy atom. The Hall–Kier alpha value is -4.20. The van der Waals surface area contributed by atoms with Crippen molar-refractivity contribution in [2.24, 2.45) is 0 Å². The van der Waals surface area contributed by atoms with E-state index in [9.17, 15) is 4.79 Å². The first-order chi connectivity index (χ1) is 17.6. The smallest absolute Gasteiger partial charge is 0.199 e. The highest BCUT2D eigenvalue weighted by atomic mass is 32.1. The summed E-state index contributed by atoms with van der Waals surface area (Å²) >= 11 is 7.45. The number of aryl methyl sites for hydroxylation is 1. The van der Waals surface area contributed by atoms with Crippen LogP contribution in [0.25, 0.3) is 42.9 Å². The minimum absolute atomic E-state index is 0.0164. The number of thiocarbonyl (C=S) groups is 1. The van der Waals surface area contributed by atoms with E-state index in [2.05, 4.69) is 30.4 Å². The molecular weight excluding hydrogens is 484 g/mol. The molecule has 0 fully saturated rings. The summed E-state index contributed by atoms with van der Waals surface area (Å²) in [5.74, 6) is 0.0164. The normalized spacial score (nSPS) is 12.2. The summed E-state index contributed by atoms with van der Waals surface area (Å²) in [5.41, 5.74) is 7.91. The molecule has 0 unspecified atom stereocenters. The SMILES string of the molecule is Cc1ccc2nc(-c3ccc(NC(=S)n4nc5c6c(cccc64)C(=O)c4ccccc4-5)cc3)sc2c1. The Morgan fingerprint density at radius 3 is 2.53 bits per heavy atom. The lowest BCUT2D eigenvalue weighted by Gasteiger charge is -2.13. The van der Waals surface area contributed by atoms with Gasteiger partial charge in [-0.1, -0.05) is 42.5 Å². The number of nitrogens with one attached hydrogen (secondary N) is 1. The van der Waals surface area contributed by atoms with Crippen molar-refractivity contribution in [3.8, 4) is 21.8 Å². The fraction of sp³-hybridized carbons (Fsp3) is 0.0345. The second kappa shape index (κ2) is 7.91. The standard InChI is InChI=1S/C29H18N4OS2/c1-16-9-14-22-24(15-16)36-28(31-22)17-10-12-18(13-11-17)30-29(35)33-23-8-4-7-21-25(23)26(32-33)19-5-2-3-6-20(19)27(21)34/h2-15H,1H3,(H,30,35). The van der Waals surface area contributed by atoms with Gasteiger partial charge in [0.05, 0.1) is 15.7 Å². The van der Waals surface area contributed by atoms with Crippen LogP contribution in [0.3, 0.4) is 0 Å². The number of nitrogens with zero attached hydrogens (tertiary/aromatic N) is 3. The van der Waals surface area contributed by atoms with Crippen molar-refractivity contribution in [1.82, 2.24) is 14.8 Å². The van der Waals surface area contributed by atoms with E-state index in [0.29, 0.717) is 16.2 Å². The number of hydrogen-bond donors (Lipinski definition) is 1. The maximum Gasteiger partial charge on any atom is 0.199 e. The molecule has 0 atom stereocenters. The Labute approximate surface area is 216 Å². The molecule has 0 radical (unpaired) electrons. The van der Waals surface area contributed by atoms with Crippen LogP contribution < -0.4 is 5.32 Å². The summed E-state index contributed by atoms with van der Waals surface area (Å²) in [5, 5.41) is 10.4. The number of thiazole rings is 1.